The van der Waals surface area contributed by atoms with Gasteiger partial charge in [-0.2, -0.15) is 0 Å². The number of carbonyl (C=O) groups excluding carboxylic acids is 1. The quantitative estimate of drug-likeness (QED) is 0.815. The monoisotopic (exact) mass is 267 g/mol. The third kappa shape index (κ3) is 3.88. The maximum atomic E-state index is 11.5. The van der Waals surface area contributed by atoms with Crippen LogP contribution in [0.1, 0.15) is 19.4 Å². The van der Waals surface area contributed by atoms with Crippen LogP contribution in [0.5, 0.6) is 0 Å². The van der Waals surface area contributed by atoms with Gasteiger partial charge in [0, 0.05) is 16.2 Å². The molecule has 0 aliphatic heterocycles. The zero-order chi connectivity index (χ0) is 11.4. The van der Waals surface area contributed by atoms with E-state index in [0.717, 1.165) is 21.3 Å². The lowest BCUT2D eigenvalue weighted by Crippen LogP contribution is -2.09. The summed E-state index contributed by atoms with van der Waals surface area (Å²) in [6, 6.07) is 5.81. The molecule has 2 nitrogen and oxygen atoms in total. The number of anilines is 1. The van der Waals surface area contributed by atoms with Gasteiger partial charge in [0.15, 0.2) is 0 Å². The van der Waals surface area contributed by atoms with Crippen LogP contribution in [0.3, 0.4) is 0 Å². The number of amides is 1. The normalized spacial score (nSPS) is 9.60. The van der Waals surface area contributed by atoms with E-state index in [1.165, 1.54) is 0 Å². The molecule has 0 saturated heterocycles. The summed E-state index contributed by atoms with van der Waals surface area (Å²) < 4.78 is 0.959. The summed E-state index contributed by atoms with van der Waals surface area (Å²) in [5, 5.41) is 2.84. The highest BCUT2D eigenvalue weighted by molar-refractivity contribution is 9.10. The van der Waals surface area contributed by atoms with E-state index in [-0.39, 0.29) is 5.91 Å². The Morgan fingerprint density at radius 3 is 2.67 bits per heavy atom. The molecule has 1 N–H and O–H groups in total. The Balaban J connectivity index is 2.85. The molecule has 0 radical (unpaired) electrons. The highest BCUT2D eigenvalue weighted by Crippen LogP contribution is 2.20. The van der Waals surface area contributed by atoms with Gasteiger partial charge >= 0.3 is 0 Å². The molecule has 15 heavy (non-hydrogen) atoms. The highest BCUT2D eigenvalue weighted by Gasteiger charge is 2.02. The molecule has 1 aromatic rings. The van der Waals surface area contributed by atoms with Crippen LogP contribution in [0, 0.1) is 6.92 Å². The molecule has 1 rings (SSSR count). The van der Waals surface area contributed by atoms with Gasteiger partial charge in [-0.3, -0.25) is 4.79 Å². The molecule has 0 bridgehead atoms. The number of hydrogen-bond donors (Lipinski definition) is 1. The van der Waals surface area contributed by atoms with Crippen molar-refractivity contribution in [2.45, 2.75) is 20.8 Å². The molecule has 0 aliphatic rings. The summed E-state index contributed by atoms with van der Waals surface area (Å²) in [5.74, 6) is -0.0869. The number of rotatable bonds is 2. The summed E-state index contributed by atoms with van der Waals surface area (Å²) in [7, 11) is 0. The molecule has 1 amide bonds. The Labute approximate surface area is 98.5 Å². The Morgan fingerprint density at radius 1 is 1.40 bits per heavy atom. The highest BCUT2D eigenvalue weighted by atomic mass is 79.9. The smallest absolute Gasteiger partial charge is 0.248 e. The number of halogens is 1. The van der Waals surface area contributed by atoms with Crippen LogP contribution in [0.2, 0.25) is 0 Å². The van der Waals surface area contributed by atoms with Crippen molar-refractivity contribution in [1.82, 2.24) is 0 Å². The number of aryl methyl sites for hydroxylation is 1. The van der Waals surface area contributed by atoms with E-state index >= 15 is 0 Å². The maximum absolute atomic E-state index is 11.5. The number of benzene rings is 1. The van der Waals surface area contributed by atoms with Crippen LogP contribution >= 0.6 is 15.9 Å². The first kappa shape index (κ1) is 12.0. The third-order valence-electron chi connectivity index (χ3n) is 1.88. The molecular weight excluding hydrogens is 254 g/mol. The first-order valence-corrected chi connectivity index (χ1v) is 5.50. The molecular formula is C12H14BrNO. The molecule has 0 fully saturated rings. The van der Waals surface area contributed by atoms with Crippen LogP contribution in [-0.4, -0.2) is 5.91 Å². The minimum Gasteiger partial charge on any atom is -0.322 e. The van der Waals surface area contributed by atoms with Crippen molar-refractivity contribution in [3.8, 4) is 0 Å². The predicted molar refractivity (Wildman–Crippen MR) is 66.9 cm³/mol. The SMILES string of the molecule is CC(C)=CC(=O)Nc1cc(Br)ccc1C. The van der Waals surface area contributed by atoms with E-state index in [1.807, 2.05) is 39.0 Å². The minimum absolute atomic E-state index is 0.0869. The lowest BCUT2D eigenvalue weighted by Gasteiger charge is -2.06. The Bertz CT molecular complexity index is 406. The first-order chi connectivity index (χ1) is 6.99. The Hall–Kier alpha value is -1.09. The number of hydrogen-bond acceptors (Lipinski definition) is 1. The largest absolute Gasteiger partial charge is 0.322 e. The predicted octanol–water partition coefficient (Wildman–Crippen LogP) is 3.66. The molecule has 80 valence electrons. The second-order valence-electron chi connectivity index (χ2n) is 3.67. The second kappa shape index (κ2) is 5.12. The van der Waals surface area contributed by atoms with E-state index in [4.69, 9.17) is 0 Å². The van der Waals surface area contributed by atoms with Gasteiger partial charge in [-0.15, -0.1) is 0 Å². The van der Waals surface area contributed by atoms with Crippen molar-refractivity contribution in [2.24, 2.45) is 0 Å². The first-order valence-electron chi connectivity index (χ1n) is 4.71. The maximum Gasteiger partial charge on any atom is 0.248 e. The lowest BCUT2D eigenvalue weighted by atomic mass is 10.2. The zero-order valence-corrected chi connectivity index (χ0v) is 10.7. The van der Waals surface area contributed by atoms with Crippen LogP contribution in [0.4, 0.5) is 5.69 Å². The van der Waals surface area contributed by atoms with Crippen LogP contribution < -0.4 is 5.32 Å². The summed E-state index contributed by atoms with van der Waals surface area (Å²) in [6.07, 6.45) is 1.58. The van der Waals surface area contributed by atoms with Crippen molar-refractivity contribution in [1.29, 1.82) is 0 Å². The van der Waals surface area contributed by atoms with Crippen molar-refractivity contribution in [3.63, 3.8) is 0 Å². The summed E-state index contributed by atoms with van der Waals surface area (Å²) in [6.45, 7) is 5.76. The van der Waals surface area contributed by atoms with Crippen LogP contribution in [-0.2, 0) is 4.79 Å². The Morgan fingerprint density at radius 2 is 2.07 bits per heavy atom. The molecule has 0 atom stereocenters. The molecule has 0 aliphatic carbocycles. The fraction of sp³-hybridized carbons (Fsp3) is 0.250. The van der Waals surface area contributed by atoms with Crippen molar-refractivity contribution >= 4 is 27.5 Å². The molecule has 1 aromatic carbocycles. The van der Waals surface area contributed by atoms with E-state index in [0.29, 0.717) is 0 Å². The summed E-state index contributed by atoms with van der Waals surface area (Å²) in [5.41, 5.74) is 2.88. The number of carbonyl (C=O) groups is 1. The van der Waals surface area contributed by atoms with Crippen LogP contribution in [0.25, 0.3) is 0 Å². The molecule has 3 heteroatoms. The zero-order valence-electron chi connectivity index (χ0n) is 9.10. The van der Waals surface area contributed by atoms with Gasteiger partial charge in [0.2, 0.25) is 5.91 Å². The van der Waals surface area contributed by atoms with Gasteiger partial charge in [0.1, 0.15) is 0 Å². The molecule has 0 heterocycles. The fourth-order valence-corrected chi connectivity index (χ4v) is 1.52. The van der Waals surface area contributed by atoms with Gasteiger partial charge in [-0.25, -0.2) is 0 Å². The Kier molecular flexibility index (Phi) is 4.09. The topological polar surface area (TPSA) is 29.1 Å². The molecule has 0 spiro atoms. The fourth-order valence-electron chi connectivity index (χ4n) is 1.16. The minimum atomic E-state index is -0.0869. The molecule has 0 unspecified atom stereocenters. The van der Waals surface area contributed by atoms with Gasteiger partial charge in [-0.1, -0.05) is 27.6 Å². The van der Waals surface area contributed by atoms with Gasteiger partial charge < -0.3 is 5.32 Å². The van der Waals surface area contributed by atoms with Crippen molar-refractivity contribution in [2.75, 3.05) is 5.32 Å². The van der Waals surface area contributed by atoms with E-state index in [2.05, 4.69) is 21.2 Å². The lowest BCUT2D eigenvalue weighted by molar-refractivity contribution is -0.111. The van der Waals surface area contributed by atoms with Crippen molar-refractivity contribution < 1.29 is 4.79 Å². The standard InChI is InChI=1S/C12H14BrNO/c1-8(2)6-12(15)14-11-7-10(13)5-4-9(11)3/h4-7H,1-3H3,(H,14,15). The number of nitrogens with one attached hydrogen (secondary N) is 1. The van der Waals surface area contributed by atoms with E-state index in [9.17, 15) is 4.79 Å². The number of allylic oxidation sites excluding steroid dienone is 1. The molecule has 0 saturated carbocycles. The average Bonchev–Trinajstić information content (AvgIpc) is 2.10. The van der Waals surface area contributed by atoms with Gasteiger partial charge in [0.25, 0.3) is 0 Å². The van der Waals surface area contributed by atoms with Crippen LogP contribution in [0.15, 0.2) is 34.3 Å². The van der Waals surface area contributed by atoms with Gasteiger partial charge in [-0.05, 0) is 38.5 Å². The van der Waals surface area contributed by atoms with Gasteiger partial charge in [0.05, 0.1) is 0 Å². The van der Waals surface area contributed by atoms with E-state index in [1.54, 1.807) is 6.08 Å². The molecule has 0 aromatic heterocycles. The summed E-state index contributed by atoms with van der Waals surface area (Å²) >= 11 is 3.37. The van der Waals surface area contributed by atoms with E-state index < -0.39 is 0 Å². The summed E-state index contributed by atoms with van der Waals surface area (Å²) in [4.78, 5) is 11.5. The van der Waals surface area contributed by atoms with Crippen molar-refractivity contribution in [3.05, 3.63) is 39.9 Å². The average molecular weight is 268 g/mol. The third-order valence-corrected chi connectivity index (χ3v) is 2.37. The second-order valence-corrected chi connectivity index (χ2v) is 4.59.